The fourth-order valence-corrected chi connectivity index (χ4v) is 1.41. The molecule has 0 amide bonds. The predicted molar refractivity (Wildman–Crippen MR) is 44.2 cm³/mol. The third-order valence-electron chi connectivity index (χ3n) is 1.90. The van der Waals surface area contributed by atoms with Gasteiger partial charge < -0.3 is 19.7 Å². The minimum Gasteiger partial charge on any atom is -0.450 e. The molecule has 0 spiro atoms. The van der Waals surface area contributed by atoms with Gasteiger partial charge >= 0.3 is 12.3 Å². The second-order valence-electron chi connectivity index (χ2n) is 3.00. The Bertz CT molecular complexity index is 245. The minimum absolute atomic E-state index is 0.310. The maximum Gasteiger partial charge on any atom is 0.506 e. The van der Waals surface area contributed by atoms with E-state index < -0.39 is 24.5 Å². The summed E-state index contributed by atoms with van der Waals surface area (Å²) in [5, 5.41) is 16.7. The lowest BCUT2D eigenvalue weighted by molar-refractivity contribution is -0.0256. The average Bonchev–Trinajstić information content (AvgIpc) is 2.28. The van der Waals surface area contributed by atoms with Gasteiger partial charge in [-0.25, -0.2) is 9.59 Å². The molecule has 0 heterocycles. The van der Waals surface area contributed by atoms with Crippen molar-refractivity contribution in [2.75, 3.05) is 0 Å². The summed E-state index contributed by atoms with van der Waals surface area (Å²) >= 11 is 0. The maximum atomic E-state index is 10.2. The van der Waals surface area contributed by atoms with E-state index in [-0.39, 0.29) is 0 Å². The van der Waals surface area contributed by atoms with Gasteiger partial charge in [-0.3, -0.25) is 0 Å². The molecule has 78 valence electrons. The molecule has 1 rings (SSSR count). The van der Waals surface area contributed by atoms with Crippen molar-refractivity contribution in [1.29, 1.82) is 0 Å². The molecule has 1 aliphatic carbocycles. The molecule has 2 atom stereocenters. The largest absolute Gasteiger partial charge is 0.506 e. The van der Waals surface area contributed by atoms with E-state index in [0.717, 1.165) is 5.57 Å². The molecule has 0 aliphatic heterocycles. The highest BCUT2D eigenvalue weighted by Gasteiger charge is 2.35. The first kappa shape index (κ1) is 10.4. The van der Waals surface area contributed by atoms with Gasteiger partial charge in [-0.1, -0.05) is 12.2 Å². The van der Waals surface area contributed by atoms with Crippen molar-refractivity contribution >= 4 is 12.3 Å². The molecule has 2 N–H and O–H groups in total. The Morgan fingerprint density at radius 3 is 1.79 bits per heavy atom. The van der Waals surface area contributed by atoms with Crippen molar-refractivity contribution < 1.29 is 29.3 Å². The predicted octanol–water partition coefficient (Wildman–Crippen LogP) is 1.46. The van der Waals surface area contributed by atoms with Gasteiger partial charge in [-0.05, 0) is 0 Å². The Hall–Kier alpha value is -1.72. The van der Waals surface area contributed by atoms with Crippen LogP contribution in [0.2, 0.25) is 0 Å². The standard InChI is InChI=1S/C8H10O6/c1-4-2-5(13-7(9)10)6(3-4)14-8(11)12/h5-6H,1-3H2,(H,9,10)(H,11,12). The van der Waals surface area contributed by atoms with E-state index in [9.17, 15) is 9.59 Å². The zero-order chi connectivity index (χ0) is 10.7. The van der Waals surface area contributed by atoms with Gasteiger partial charge in [0, 0.05) is 12.8 Å². The molecule has 14 heavy (non-hydrogen) atoms. The van der Waals surface area contributed by atoms with Crippen LogP contribution in [0.25, 0.3) is 0 Å². The molecule has 0 aromatic heterocycles. The second kappa shape index (κ2) is 3.99. The van der Waals surface area contributed by atoms with E-state index in [0.29, 0.717) is 12.8 Å². The number of hydrogen-bond acceptors (Lipinski definition) is 4. The van der Waals surface area contributed by atoms with Crippen molar-refractivity contribution in [2.45, 2.75) is 25.0 Å². The quantitative estimate of drug-likeness (QED) is 0.520. The van der Waals surface area contributed by atoms with Crippen molar-refractivity contribution in [3.8, 4) is 0 Å². The average molecular weight is 202 g/mol. The van der Waals surface area contributed by atoms with Crippen LogP contribution in [0.4, 0.5) is 9.59 Å². The lowest BCUT2D eigenvalue weighted by atomic mass is 10.2. The van der Waals surface area contributed by atoms with E-state index in [2.05, 4.69) is 16.1 Å². The van der Waals surface area contributed by atoms with E-state index in [1.807, 2.05) is 0 Å². The molecule has 0 aromatic carbocycles. The Balaban J connectivity index is 2.57. The van der Waals surface area contributed by atoms with Gasteiger partial charge in [0.05, 0.1) is 0 Å². The highest BCUT2D eigenvalue weighted by Crippen LogP contribution is 2.28. The molecule has 2 unspecified atom stereocenters. The van der Waals surface area contributed by atoms with Gasteiger partial charge in [-0.2, -0.15) is 0 Å². The molecule has 0 aromatic rings. The topological polar surface area (TPSA) is 93.1 Å². The van der Waals surface area contributed by atoms with Crippen molar-refractivity contribution in [3.05, 3.63) is 12.2 Å². The molecule has 0 radical (unpaired) electrons. The van der Waals surface area contributed by atoms with Crippen molar-refractivity contribution in [1.82, 2.24) is 0 Å². The SMILES string of the molecule is C=C1CC(OC(=O)O)C(OC(=O)O)C1. The summed E-state index contributed by atoms with van der Waals surface area (Å²) < 4.78 is 8.93. The normalized spacial score (nSPS) is 25.9. The number of rotatable bonds is 2. The first-order valence-electron chi connectivity index (χ1n) is 3.95. The van der Waals surface area contributed by atoms with Gasteiger partial charge in [0.15, 0.2) is 0 Å². The summed E-state index contributed by atoms with van der Waals surface area (Å²) in [6.07, 6.45) is -3.80. The second-order valence-corrected chi connectivity index (χ2v) is 3.00. The lowest BCUT2D eigenvalue weighted by Crippen LogP contribution is -2.29. The zero-order valence-corrected chi connectivity index (χ0v) is 7.30. The monoisotopic (exact) mass is 202 g/mol. The van der Waals surface area contributed by atoms with Crippen LogP contribution in [0.5, 0.6) is 0 Å². The Labute approximate surface area is 79.7 Å². The highest BCUT2D eigenvalue weighted by molar-refractivity contribution is 5.58. The summed E-state index contributed by atoms with van der Waals surface area (Å²) in [7, 11) is 0. The number of hydrogen-bond donors (Lipinski definition) is 2. The number of carboxylic acid groups (broad SMARTS) is 2. The van der Waals surface area contributed by atoms with E-state index in [4.69, 9.17) is 10.2 Å². The number of ether oxygens (including phenoxy) is 2. The summed E-state index contributed by atoms with van der Waals surface area (Å²) in [4.78, 5) is 20.5. The maximum absolute atomic E-state index is 10.2. The van der Waals surface area contributed by atoms with Gasteiger partial charge in [-0.15, -0.1) is 0 Å². The molecule has 1 fully saturated rings. The highest BCUT2D eigenvalue weighted by atomic mass is 16.7. The van der Waals surface area contributed by atoms with Crippen LogP contribution in [-0.4, -0.2) is 34.7 Å². The molecule has 1 saturated carbocycles. The third-order valence-corrected chi connectivity index (χ3v) is 1.90. The summed E-state index contributed by atoms with van der Waals surface area (Å²) in [5.41, 5.74) is 0.725. The first-order chi connectivity index (χ1) is 6.49. The lowest BCUT2D eigenvalue weighted by Gasteiger charge is -2.16. The summed E-state index contributed by atoms with van der Waals surface area (Å²) in [5.74, 6) is 0. The van der Waals surface area contributed by atoms with Crippen LogP contribution in [0.1, 0.15) is 12.8 Å². The minimum atomic E-state index is -1.44. The zero-order valence-electron chi connectivity index (χ0n) is 7.30. The van der Waals surface area contributed by atoms with Crippen molar-refractivity contribution in [3.63, 3.8) is 0 Å². The smallest absolute Gasteiger partial charge is 0.450 e. The van der Waals surface area contributed by atoms with Crippen LogP contribution in [0.15, 0.2) is 12.2 Å². The van der Waals surface area contributed by atoms with Crippen LogP contribution in [0.3, 0.4) is 0 Å². The van der Waals surface area contributed by atoms with Crippen LogP contribution < -0.4 is 0 Å². The Kier molecular flexibility index (Phi) is 2.95. The van der Waals surface area contributed by atoms with Crippen LogP contribution in [0, 0.1) is 0 Å². The molecule has 6 nitrogen and oxygen atoms in total. The van der Waals surface area contributed by atoms with Gasteiger partial charge in [0.2, 0.25) is 0 Å². The Morgan fingerprint density at radius 2 is 1.50 bits per heavy atom. The molecule has 1 aliphatic rings. The van der Waals surface area contributed by atoms with Crippen molar-refractivity contribution in [2.24, 2.45) is 0 Å². The summed E-state index contributed by atoms with van der Waals surface area (Å²) in [6, 6.07) is 0. The molecular weight excluding hydrogens is 192 g/mol. The van der Waals surface area contributed by atoms with Crippen LogP contribution >= 0.6 is 0 Å². The molecule has 0 bridgehead atoms. The Morgan fingerprint density at radius 1 is 1.14 bits per heavy atom. The van der Waals surface area contributed by atoms with Crippen LogP contribution in [-0.2, 0) is 9.47 Å². The summed E-state index contributed by atoms with van der Waals surface area (Å²) in [6.45, 7) is 3.62. The van der Waals surface area contributed by atoms with E-state index in [1.54, 1.807) is 0 Å². The van der Waals surface area contributed by atoms with Gasteiger partial charge in [0.1, 0.15) is 12.2 Å². The molecule has 0 saturated heterocycles. The molecular formula is C8H10O6. The first-order valence-corrected chi connectivity index (χ1v) is 3.95. The fraction of sp³-hybridized carbons (Fsp3) is 0.500. The van der Waals surface area contributed by atoms with E-state index in [1.165, 1.54) is 0 Å². The number of carbonyl (C=O) groups is 2. The fourth-order valence-electron chi connectivity index (χ4n) is 1.41. The third kappa shape index (κ3) is 2.65. The van der Waals surface area contributed by atoms with Gasteiger partial charge in [0.25, 0.3) is 0 Å². The van der Waals surface area contributed by atoms with E-state index >= 15 is 0 Å². The molecule has 6 heteroatoms.